The lowest BCUT2D eigenvalue weighted by molar-refractivity contribution is -0.275. The maximum Gasteiger partial charge on any atom is 0.573 e. The molecule has 16 heavy (non-hydrogen) atoms. The first-order chi connectivity index (χ1) is 7.37. The Hall–Kier alpha value is -1.31. The monoisotopic (exact) mass is 299 g/mol. The summed E-state index contributed by atoms with van der Waals surface area (Å²) < 4.78 is 39.4. The number of halogens is 4. The number of carbonyl (C=O) groups excluding carboxylic acids is 1. The molecule has 4 nitrogen and oxygen atoms in total. The highest BCUT2D eigenvalue weighted by molar-refractivity contribution is 9.08. The van der Waals surface area contributed by atoms with Crippen LogP contribution < -0.4 is 10.3 Å². The van der Waals surface area contributed by atoms with Gasteiger partial charge in [-0.25, -0.2) is 0 Å². The van der Waals surface area contributed by atoms with E-state index in [9.17, 15) is 22.8 Å². The standard InChI is InChI=1S/C8H5BrF3NO3/c9-2-4-1-5(3-14)13-7(15)6(4)16-8(10,11)12/h1,3H,2H2,(H,13,15). The third kappa shape index (κ3) is 3.09. The quantitative estimate of drug-likeness (QED) is 0.686. The van der Waals surface area contributed by atoms with E-state index >= 15 is 0 Å². The number of carbonyl (C=O) groups is 1. The fraction of sp³-hybridized carbons (Fsp3) is 0.250. The van der Waals surface area contributed by atoms with Gasteiger partial charge < -0.3 is 9.72 Å². The average molecular weight is 300 g/mol. The smallest absolute Gasteiger partial charge is 0.400 e. The minimum absolute atomic E-state index is 0.0385. The van der Waals surface area contributed by atoms with Crippen LogP contribution in [0.2, 0.25) is 0 Å². The molecule has 1 heterocycles. The van der Waals surface area contributed by atoms with Crippen molar-refractivity contribution in [2.24, 2.45) is 0 Å². The molecule has 0 spiro atoms. The van der Waals surface area contributed by atoms with E-state index in [2.05, 4.69) is 20.7 Å². The fourth-order valence-corrected chi connectivity index (χ4v) is 1.43. The molecule has 0 saturated heterocycles. The molecule has 0 radical (unpaired) electrons. The number of aromatic amines is 1. The van der Waals surface area contributed by atoms with Gasteiger partial charge in [-0.2, -0.15) is 0 Å². The van der Waals surface area contributed by atoms with Crippen molar-refractivity contribution in [3.63, 3.8) is 0 Å². The van der Waals surface area contributed by atoms with Crippen LogP contribution in [0.3, 0.4) is 0 Å². The summed E-state index contributed by atoms with van der Waals surface area (Å²) in [4.78, 5) is 23.5. The molecule has 1 aromatic heterocycles. The van der Waals surface area contributed by atoms with Gasteiger partial charge >= 0.3 is 6.36 Å². The number of hydrogen-bond acceptors (Lipinski definition) is 3. The zero-order valence-corrected chi connectivity index (χ0v) is 9.18. The van der Waals surface area contributed by atoms with E-state index in [1.807, 2.05) is 4.98 Å². The van der Waals surface area contributed by atoms with E-state index < -0.39 is 17.7 Å². The lowest BCUT2D eigenvalue weighted by Crippen LogP contribution is -2.24. The van der Waals surface area contributed by atoms with Crippen LogP contribution in [-0.4, -0.2) is 17.6 Å². The van der Waals surface area contributed by atoms with Crippen molar-refractivity contribution in [2.45, 2.75) is 11.7 Å². The molecule has 0 aliphatic carbocycles. The highest BCUT2D eigenvalue weighted by Crippen LogP contribution is 2.24. The van der Waals surface area contributed by atoms with Crippen molar-refractivity contribution in [3.05, 3.63) is 27.7 Å². The van der Waals surface area contributed by atoms with Gasteiger partial charge in [-0.05, 0) is 6.07 Å². The van der Waals surface area contributed by atoms with Gasteiger partial charge in [-0.1, -0.05) is 15.9 Å². The number of hydrogen-bond donors (Lipinski definition) is 1. The summed E-state index contributed by atoms with van der Waals surface area (Å²) in [5.41, 5.74) is -1.27. The molecule has 0 aromatic carbocycles. The minimum atomic E-state index is -4.95. The Morgan fingerprint density at radius 3 is 2.56 bits per heavy atom. The molecular weight excluding hydrogens is 295 g/mol. The molecule has 1 aromatic rings. The summed E-state index contributed by atoms with van der Waals surface area (Å²) in [6, 6.07) is 1.10. The minimum Gasteiger partial charge on any atom is -0.400 e. The van der Waals surface area contributed by atoms with Crippen molar-refractivity contribution in [1.82, 2.24) is 4.98 Å². The van der Waals surface area contributed by atoms with Crippen molar-refractivity contribution < 1.29 is 22.7 Å². The second-order valence-electron chi connectivity index (χ2n) is 2.71. The van der Waals surface area contributed by atoms with Crippen LogP contribution in [0.1, 0.15) is 16.1 Å². The summed E-state index contributed by atoms with van der Waals surface area (Å²) >= 11 is 2.90. The summed E-state index contributed by atoms with van der Waals surface area (Å²) in [6.45, 7) is 0. The Morgan fingerprint density at radius 2 is 2.12 bits per heavy atom. The van der Waals surface area contributed by atoms with Crippen LogP contribution in [0.15, 0.2) is 10.9 Å². The zero-order chi connectivity index (χ0) is 12.3. The third-order valence-electron chi connectivity index (χ3n) is 1.57. The van der Waals surface area contributed by atoms with Crippen molar-refractivity contribution in [1.29, 1.82) is 0 Å². The molecule has 1 N–H and O–H groups in total. The predicted octanol–water partition coefficient (Wildman–Crippen LogP) is 1.98. The Labute approximate surface area is 95.5 Å². The SMILES string of the molecule is O=Cc1cc(CBr)c(OC(F)(F)F)c(=O)[nH]1. The molecule has 0 aliphatic heterocycles. The van der Waals surface area contributed by atoms with Gasteiger partial charge in [0.05, 0.1) is 5.69 Å². The predicted molar refractivity (Wildman–Crippen MR) is 51.8 cm³/mol. The molecule has 1 rings (SSSR count). The number of aldehydes is 1. The lowest BCUT2D eigenvalue weighted by Gasteiger charge is -2.11. The van der Waals surface area contributed by atoms with Gasteiger partial charge in [0.15, 0.2) is 12.0 Å². The van der Waals surface area contributed by atoms with Gasteiger partial charge in [0.1, 0.15) is 0 Å². The maximum absolute atomic E-state index is 12.0. The highest BCUT2D eigenvalue weighted by atomic mass is 79.9. The normalized spacial score (nSPS) is 11.2. The Balaban J connectivity index is 3.27. The van der Waals surface area contributed by atoms with Crippen LogP contribution in [0, 0.1) is 0 Å². The number of aromatic nitrogens is 1. The van der Waals surface area contributed by atoms with Crippen molar-refractivity contribution >= 4 is 22.2 Å². The summed E-state index contributed by atoms with van der Waals surface area (Å²) in [7, 11) is 0. The van der Waals surface area contributed by atoms with Crippen LogP contribution in [-0.2, 0) is 5.33 Å². The van der Waals surface area contributed by atoms with Crippen molar-refractivity contribution in [3.8, 4) is 5.75 Å². The number of rotatable bonds is 3. The number of ether oxygens (including phenoxy) is 1. The Kier molecular flexibility index (Phi) is 3.74. The number of alkyl halides is 4. The Bertz CT molecular complexity index is 455. The Morgan fingerprint density at radius 1 is 1.50 bits per heavy atom. The molecule has 0 unspecified atom stereocenters. The topological polar surface area (TPSA) is 59.2 Å². The molecular formula is C8H5BrF3NO3. The summed E-state index contributed by atoms with van der Waals surface area (Å²) in [6.07, 6.45) is -4.63. The van der Waals surface area contributed by atoms with Crippen molar-refractivity contribution in [2.75, 3.05) is 0 Å². The summed E-state index contributed by atoms with van der Waals surface area (Å²) in [5.74, 6) is -0.866. The first-order valence-corrected chi connectivity index (χ1v) is 5.02. The van der Waals surface area contributed by atoms with E-state index in [4.69, 9.17) is 0 Å². The van der Waals surface area contributed by atoms with Crippen LogP contribution in [0.5, 0.6) is 5.75 Å². The van der Waals surface area contributed by atoms with Crippen LogP contribution in [0.25, 0.3) is 0 Å². The second kappa shape index (κ2) is 4.69. The van der Waals surface area contributed by atoms with Crippen LogP contribution in [0.4, 0.5) is 13.2 Å². The molecule has 0 saturated carbocycles. The lowest BCUT2D eigenvalue weighted by atomic mass is 10.2. The first-order valence-electron chi connectivity index (χ1n) is 3.90. The number of nitrogens with one attached hydrogen (secondary N) is 1. The second-order valence-corrected chi connectivity index (χ2v) is 3.27. The average Bonchev–Trinajstić information content (AvgIpc) is 2.19. The van der Waals surface area contributed by atoms with Gasteiger partial charge in [-0.3, -0.25) is 9.59 Å². The highest BCUT2D eigenvalue weighted by Gasteiger charge is 2.33. The third-order valence-corrected chi connectivity index (χ3v) is 2.18. The maximum atomic E-state index is 12.0. The molecule has 0 bridgehead atoms. The van der Waals surface area contributed by atoms with E-state index in [0.717, 1.165) is 6.07 Å². The molecule has 88 valence electrons. The van der Waals surface area contributed by atoms with Gasteiger partial charge in [-0.15, -0.1) is 13.2 Å². The van der Waals surface area contributed by atoms with E-state index in [1.54, 1.807) is 0 Å². The van der Waals surface area contributed by atoms with E-state index in [1.165, 1.54) is 0 Å². The molecule has 0 fully saturated rings. The van der Waals surface area contributed by atoms with Crippen LogP contribution >= 0.6 is 15.9 Å². The molecule has 0 aliphatic rings. The molecule has 8 heteroatoms. The zero-order valence-electron chi connectivity index (χ0n) is 7.60. The largest absolute Gasteiger partial charge is 0.573 e. The van der Waals surface area contributed by atoms with E-state index in [-0.39, 0.29) is 16.6 Å². The molecule has 0 amide bonds. The van der Waals surface area contributed by atoms with Gasteiger partial charge in [0.2, 0.25) is 0 Å². The molecule has 0 atom stereocenters. The first kappa shape index (κ1) is 12.8. The van der Waals surface area contributed by atoms with Gasteiger partial charge in [0.25, 0.3) is 5.56 Å². The number of pyridine rings is 1. The van der Waals surface area contributed by atoms with E-state index in [0.29, 0.717) is 6.29 Å². The van der Waals surface area contributed by atoms with Gasteiger partial charge in [0, 0.05) is 10.9 Å². The fourth-order valence-electron chi connectivity index (χ4n) is 1.01. The number of H-pyrrole nitrogens is 1. The summed E-state index contributed by atoms with van der Waals surface area (Å²) in [5, 5.41) is -0.0385.